The third-order valence-corrected chi connectivity index (χ3v) is 5.40. The molecule has 1 amide bonds. The number of aromatic nitrogens is 1. The van der Waals surface area contributed by atoms with E-state index in [1.807, 2.05) is 42.5 Å². The zero-order chi connectivity index (χ0) is 24.1. The van der Waals surface area contributed by atoms with Crippen LogP contribution in [0.3, 0.4) is 0 Å². The summed E-state index contributed by atoms with van der Waals surface area (Å²) in [6, 6.07) is 14.2. The molecule has 4 rings (SSSR count). The second-order valence-electron chi connectivity index (χ2n) is 7.78. The number of benzene rings is 2. The Morgan fingerprint density at radius 3 is 2.62 bits per heavy atom. The first-order chi connectivity index (χ1) is 16.4. The average Bonchev–Trinajstić information content (AvgIpc) is 3.39. The van der Waals surface area contributed by atoms with Gasteiger partial charge in [0.15, 0.2) is 23.8 Å². The number of aryl methyl sites for hydroxylation is 2. The fraction of sp³-hybridized carbons (Fsp3) is 0.280. The highest BCUT2D eigenvalue weighted by atomic mass is 16.6. The Bertz CT molecular complexity index is 1200. The van der Waals surface area contributed by atoms with Crippen LogP contribution in [0.25, 0.3) is 11.5 Å². The highest BCUT2D eigenvalue weighted by Gasteiger charge is 2.31. The number of Topliss-reactive ketones (excluding diaryl/α,β-unsaturated/α-hetero) is 1. The lowest BCUT2D eigenvalue weighted by Crippen LogP contribution is -2.28. The number of carbonyl (C=O) groups excluding carboxylic acids is 3. The third kappa shape index (κ3) is 5.25. The number of hydrogen-bond acceptors (Lipinski definition) is 8. The predicted molar refractivity (Wildman–Crippen MR) is 121 cm³/mol. The van der Waals surface area contributed by atoms with E-state index in [9.17, 15) is 14.4 Å². The van der Waals surface area contributed by atoms with Crippen LogP contribution in [-0.2, 0) is 16.0 Å². The van der Waals surface area contributed by atoms with Crippen LogP contribution < -0.4 is 14.8 Å². The van der Waals surface area contributed by atoms with Crippen LogP contribution in [-0.4, -0.2) is 42.6 Å². The molecule has 3 aromatic rings. The average molecular weight is 464 g/mol. The van der Waals surface area contributed by atoms with Crippen molar-refractivity contribution in [2.75, 3.05) is 13.7 Å². The topological polar surface area (TPSA) is 117 Å². The number of alkyl carbamates (subject to hydrolysis) is 1. The number of methoxy groups -OCH3 is 1. The molecule has 0 saturated carbocycles. The Morgan fingerprint density at radius 1 is 1.12 bits per heavy atom. The van der Waals surface area contributed by atoms with Gasteiger partial charge in [-0.15, -0.1) is 0 Å². The fourth-order valence-electron chi connectivity index (χ4n) is 3.65. The van der Waals surface area contributed by atoms with Gasteiger partial charge < -0.3 is 23.9 Å². The molecule has 0 bridgehead atoms. The lowest BCUT2D eigenvalue weighted by atomic mass is 10.0. The number of esters is 1. The molecule has 1 aromatic heterocycles. The minimum atomic E-state index is -0.704. The monoisotopic (exact) mass is 464 g/mol. The van der Waals surface area contributed by atoms with E-state index >= 15 is 0 Å². The zero-order valence-corrected chi connectivity index (χ0v) is 18.8. The Hall–Kier alpha value is -4.14. The molecular formula is C25H24N2O7. The maximum absolute atomic E-state index is 12.7. The summed E-state index contributed by atoms with van der Waals surface area (Å²) >= 11 is 0. The molecule has 176 valence electrons. The third-order valence-electron chi connectivity index (χ3n) is 5.40. The van der Waals surface area contributed by atoms with Crippen molar-refractivity contribution < 1.29 is 33.0 Å². The lowest BCUT2D eigenvalue weighted by Gasteiger charge is -2.12. The van der Waals surface area contributed by atoms with Gasteiger partial charge in [-0.2, -0.15) is 0 Å². The Kier molecular flexibility index (Phi) is 6.91. The molecule has 1 unspecified atom stereocenters. The molecular weight excluding hydrogens is 440 g/mol. The second-order valence-corrected chi connectivity index (χ2v) is 7.78. The summed E-state index contributed by atoms with van der Waals surface area (Å²) in [4.78, 5) is 39.7. The SMILES string of the molecule is COc1cc(CCCC2NC(=O)OC2=O)ccc1OCC(=O)c1nc(-c2ccccc2)oc1C. The van der Waals surface area contributed by atoms with Gasteiger partial charge in [0, 0.05) is 5.56 Å². The van der Waals surface area contributed by atoms with Crippen LogP contribution in [0.2, 0.25) is 0 Å². The largest absolute Gasteiger partial charge is 0.493 e. The molecule has 1 N–H and O–H groups in total. The number of ketones is 1. The minimum absolute atomic E-state index is 0.221. The maximum atomic E-state index is 12.7. The number of hydrogen-bond donors (Lipinski definition) is 1. The summed E-state index contributed by atoms with van der Waals surface area (Å²) < 4.78 is 21.3. The predicted octanol–water partition coefficient (Wildman–Crippen LogP) is 3.88. The molecule has 1 fully saturated rings. The van der Waals surface area contributed by atoms with Crippen molar-refractivity contribution in [2.24, 2.45) is 0 Å². The van der Waals surface area contributed by atoms with E-state index < -0.39 is 18.1 Å². The standard InChI is InChI=1S/C25H24N2O7/c1-15-22(27-23(33-15)17-8-4-3-5-9-17)19(28)14-32-20-12-11-16(13-21(20)31-2)7-6-10-18-24(29)34-25(30)26-18/h3-5,8-9,11-13,18H,6-7,10,14H2,1-2H3,(H,26,30). The van der Waals surface area contributed by atoms with Crippen LogP contribution >= 0.6 is 0 Å². The first kappa shape index (κ1) is 23.0. The Morgan fingerprint density at radius 2 is 1.91 bits per heavy atom. The van der Waals surface area contributed by atoms with Crippen LogP contribution in [0.1, 0.15) is 34.7 Å². The first-order valence-electron chi connectivity index (χ1n) is 10.8. The minimum Gasteiger partial charge on any atom is -0.493 e. The highest BCUT2D eigenvalue weighted by Crippen LogP contribution is 2.29. The van der Waals surface area contributed by atoms with E-state index in [2.05, 4.69) is 15.0 Å². The molecule has 1 saturated heterocycles. The molecule has 2 aromatic carbocycles. The van der Waals surface area contributed by atoms with E-state index in [0.717, 1.165) is 11.1 Å². The van der Waals surface area contributed by atoms with Crippen molar-refractivity contribution in [1.82, 2.24) is 10.3 Å². The van der Waals surface area contributed by atoms with E-state index in [0.29, 0.717) is 42.4 Å². The Labute approximate surface area is 196 Å². The smallest absolute Gasteiger partial charge is 0.415 e. The number of rotatable bonds is 10. The van der Waals surface area contributed by atoms with Crippen molar-refractivity contribution in [1.29, 1.82) is 0 Å². The molecule has 1 aliphatic heterocycles. The van der Waals surface area contributed by atoms with Gasteiger partial charge in [-0.1, -0.05) is 24.3 Å². The molecule has 0 radical (unpaired) electrons. The molecule has 0 spiro atoms. The summed E-state index contributed by atoms with van der Waals surface area (Å²) in [7, 11) is 1.52. The lowest BCUT2D eigenvalue weighted by molar-refractivity contribution is -0.135. The van der Waals surface area contributed by atoms with Gasteiger partial charge >= 0.3 is 12.1 Å². The second kappa shape index (κ2) is 10.2. The van der Waals surface area contributed by atoms with Gasteiger partial charge in [-0.05, 0) is 56.0 Å². The maximum Gasteiger partial charge on any atom is 0.415 e. The van der Waals surface area contributed by atoms with Gasteiger partial charge in [-0.25, -0.2) is 14.6 Å². The van der Waals surface area contributed by atoms with Crippen LogP contribution in [0, 0.1) is 6.92 Å². The normalized spacial score (nSPS) is 15.1. The summed E-state index contributed by atoms with van der Waals surface area (Å²) in [6.45, 7) is 1.47. The van der Waals surface area contributed by atoms with Crippen molar-refractivity contribution >= 4 is 17.8 Å². The first-order valence-corrected chi connectivity index (χ1v) is 10.8. The van der Waals surface area contributed by atoms with Crippen molar-refractivity contribution in [3.05, 3.63) is 65.5 Å². The zero-order valence-electron chi connectivity index (χ0n) is 18.8. The summed E-state index contributed by atoms with van der Waals surface area (Å²) in [5, 5.41) is 2.48. The van der Waals surface area contributed by atoms with Crippen molar-refractivity contribution in [2.45, 2.75) is 32.2 Å². The number of nitrogens with one attached hydrogen (secondary N) is 1. The van der Waals surface area contributed by atoms with Gasteiger partial charge in [0.2, 0.25) is 11.7 Å². The molecule has 9 heteroatoms. The molecule has 1 atom stereocenters. The van der Waals surface area contributed by atoms with E-state index in [4.69, 9.17) is 13.9 Å². The highest BCUT2D eigenvalue weighted by molar-refractivity contribution is 5.97. The van der Waals surface area contributed by atoms with Crippen LogP contribution in [0.4, 0.5) is 4.79 Å². The molecule has 0 aliphatic carbocycles. The van der Waals surface area contributed by atoms with Gasteiger partial charge in [-0.3, -0.25) is 4.79 Å². The van der Waals surface area contributed by atoms with Crippen molar-refractivity contribution in [3.63, 3.8) is 0 Å². The van der Waals surface area contributed by atoms with E-state index in [1.165, 1.54) is 7.11 Å². The van der Waals surface area contributed by atoms with E-state index in [1.54, 1.807) is 13.0 Å². The van der Waals surface area contributed by atoms with Crippen LogP contribution in [0.5, 0.6) is 11.5 Å². The van der Waals surface area contributed by atoms with Crippen LogP contribution in [0.15, 0.2) is 52.9 Å². The number of nitrogens with zero attached hydrogens (tertiary/aromatic N) is 1. The fourth-order valence-corrected chi connectivity index (χ4v) is 3.65. The van der Waals surface area contributed by atoms with Crippen molar-refractivity contribution in [3.8, 4) is 23.0 Å². The molecule has 1 aliphatic rings. The summed E-state index contributed by atoms with van der Waals surface area (Å²) in [5.41, 5.74) is 1.98. The number of ether oxygens (including phenoxy) is 3. The van der Waals surface area contributed by atoms with Gasteiger partial charge in [0.25, 0.3) is 0 Å². The number of cyclic esters (lactones) is 2. The van der Waals surface area contributed by atoms with Gasteiger partial charge in [0.05, 0.1) is 7.11 Å². The molecule has 9 nitrogen and oxygen atoms in total. The number of amides is 1. The van der Waals surface area contributed by atoms with E-state index in [-0.39, 0.29) is 18.1 Å². The van der Waals surface area contributed by atoms with Gasteiger partial charge in [0.1, 0.15) is 11.8 Å². The number of oxazole rings is 1. The summed E-state index contributed by atoms with van der Waals surface area (Å²) in [5.74, 6) is 0.872. The quantitative estimate of drug-likeness (QED) is 0.273. The molecule has 34 heavy (non-hydrogen) atoms. The summed E-state index contributed by atoms with van der Waals surface area (Å²) in [6.07, 6.45) is 1.10. The molecule has 2 heterocycles. The number of carbonyl (C=O) groups is 3. The Balaban J connectivity index is 1.35.